The first-order valence-corrected chi connectivity index (χ1v) is 2.40. The van der Waals surface area contributed by atoms with E-state index in [1.54, 1.807) is 0 Å². The molecule has 0 radical (unpaired) electrons. The minimum Gasteiger partial charge on any atom is -0.392 e. The van der Waals surface area contributed by atoms with Gasteiger partial charge in [-0.3, -0.25) is 0 Å². The fourth-order valence-corrected chi connectivity index (χ4v) is 0.144. The number of allylic oxidation sites excluding steroid dienone is 2. The molecule has 0 saturated carbocycles. The van der Waals surface area contributed by atoms with Crippen LogP contribution >= 0.6 is 0 Å². The maximum Gasteiger partial charge on any atom is 0.106 e. The highest BCUT2D eigenvalue weighted by atomic mass is 16.1. The van der Waals surface area contributed by atoms with Crippen molar-refractivity contribution in [2.45, 2.75) is 13.8 Å². The second kappa shape index (κ2) is 9.51. The lowest BCUT2D eigenvalue weighted by Gasteiger charge is -1.91. The van der Waals surface area contributed by atoms with Crippen molar-refractivity contribution < 1.29 is 4.79 Å². The van der Waals surface area contributed by atoms with E-state index in [2.05, 4.69) is 5.32 Å². The van der Waals surface area contributed by atoms with Gasteiger partial charge in [0.1, 0.15) is 6.79 Å². The van der Waals surface area contributed by atoms with Crippen molar-refractivity contribution >= 4 is 6.79 Å². The van der Waals surface area contributed by atoms with Crippen molar-refractivity contribution in [3.05, 3.63) is 11.8 Å². The lowest BCUT2D eigenvalue weighted by molar-refractivity contribution is -0.0979. The molecule has 0 spiro atoms. The van der Waals surface area contributed by atoms with Crippen LogP contribution in [0.2, 0.25) is 0 Å². The molecule has 0 aliphatic heterocycles. The molecule has 0 bridgehead atoms. The van der Waals surface area contributed by atoms with E-state index in [0.717, 1.165) is 0 Å². The monoisotopic (exact) mass is 115 g/mol. The van der Waals surface area contributed by atoms with Gasteiger partial charge in [0.2, 0.25) is 0 Å². The standard InChI is InChI=1S/C5H11N.CH2O/c1-4-5(2)6-3;1-2/h4,6H,1-3H3;1H2/b5-4-;. The number of carbonyl (C=O) groups is 1. The van der Waals surface area contributed by atoms with Gasteiger partial charge in [0.05, 0.1) is 0 Å². The Morgan fingerprint density at radius 3 is 2.00 bits per heavy atom. The Hall–Kier alpha value is -0.790. The zero-order valence-electron chi connectivity index (χ0n) is 5.69. The van der Waals surface area contributed by atoms with Crippen molar-refractivity contribution in [1.82, 2.24) is 5.32 Å². The average molecular weight is 115 g/mol. The van der Waals surface area contributed by atoms with Gasteiger partial charge < -0.3 is 10.1 Å². The molecule has 8 heavy (non-hydrogen) atoms. The Morgan fingerprint density at radius 1 is 1.62 bits per heavy atom. The Morgan fingerprint density at radius 2 is 2.00 bits per heavy atom. The van der Waals surface area contributed by atoms with Crippen LogP contribution in [-0.2, 0) is 4.79 Å². The van der Waals surface area contributed by atoms with Crippen LogP contribution in [0.15, 0.2) is 11.8 Å². The SMILES string of the molecule is C/C=C(/C)NC.C=O. The number of carbonyl (C=O) groups excluding carboxylic acids is 1. The van der Waals surface area contributed by atoms with Gasteiger partial charge in [0.15, 0.2) is 0 Å². The van der Waals surface area contributed by atoms with Crippen molar-refractivity contribution in [3.8, 4) is 0 Å². The summed E-state index contributed by atoms with van der Waals surface area (Å²) >= 11 is 0. The fraction of sp³-hybridized carbons (Fsp3) is 0.500. The summed E-state index contributed by atoms with van der Waals surface area (Å²) < 4.78 is 0. The molecule has 0 aromatic heterocycles. The summed E-state index contributed by atoms with van der Waals surface area (Å²) in [4.78, 5) is 8.00. The van der Waals surface area contributed by atoms with E-state index in [0.29, 0.717) is 0 Å². The largest absolute Gasteiger partial charge is 0.392 e. The quantitative estimate of drug-likeness (QED) is 0.551. The van der Waals surface area contributed by atoms with Crippen LogP contribution in [0.1, 0.15) is 13.8 Å². The zero-order valence-corrected chi connectivity index (χ0v) is 5.69. The third-order valence-corrected chi connectivity index (χ3v) is 0.827. The van der Waals surface area contributed by atoms with E-state index in [-0.39, 0.29) is 0 Å². The lowest BCUT2D eigenvalue weighted by Crippen LogP contribution is -1.99. The summed E-state index contributed by atoms with van der Waals surface area (Å²) in [6.45, 7) is 6.03. The molecule has 1 N–H and O–H groups in total. The topological polar surface area (TPSA) is 29.1 Å². The molecule has 0 rings (SSSR count). The van der Waals surface area contributed by atoms with Crippen molar-refractivity contribution in [3.63, 3.8) is 0 Å². The molecular formula is C6H13NO. The van der Waals surface area contributed by atoms with Gasteiger partial charge in [-0.2, -0.15) is 0 Å². The van der Waals surface area contributed by atoms with E-state index >= 15 is 0 Å². The van der Waals surface area contributed by atoms with Crippen LogP contribution < -0.4 is 5.32 Å². The highest BCUT2D eigenvalue weighted by Crippen LogP contribution is 1.78. The molecule has 0 aliphatic carbocycles. The van der Waals surface area contributed by atoms with Gasteiger partial charge in [0, 0.05) is 12.7 Å². The van der Waals surface area contributed by atoms with Crippen LogP contribution in [-0.4, -0.2) is 13.8 Å². The van der Waals surface area contributed by atoms with Crippen LogP contribution in [0.3, 0.4) is 0 Å². The molecule has 0 saturated heterocycles. The van der Waals surface area contributed by atoms with E-state index < -0.39 is 0 Å². The van der Waals surface area contributed by atoms with Crippen LogP contribution in [0.5, 0.6) is 0 Å². The van der Waals surface area contributed by atoms with Crippen molar-refractivity contribution in [2.24, 2.45) is 0 Å². The summed E-state index contributed by atoms with van der Waals surface area (Å²) in [6, 6.07) is 0. The van der Waals surface area contributed by atoms with Gasteiger partial charge in [-0.15, -0.1) is 0 Å². The van der Waals surface area contributed by atoms with E-state index in [9.17, 15) is 0 Å². The third kappa shape index (κ3) is 8.96. The minimum atomic E-state index is 1.22. The molecule has 0 heterocycles. The first kappa shape index (κ1) is 10.2. The molecule has 48 valence electrons. The first-order valence-electron chi connectivity index (χ1n) is 2.40. The van der Waals surface area contributed by atoms with E-state index in [4.69, 9.17) is 4.79 Å². The number of hydrogen-bond donors (Lipinski definition) is 1. The third-order valence-electron chi connectivity index (χ3n) is 0.827. The average Bonchev–Trinajstić information content (AvgIpc) is 1.91. The zero-order chi connectivity index (χ0) is 6.99. The summed E-state index contributed by atoms with van der Waals surface area (Å²) in [5.41, 5.74) is 1.22. The van der Waals surface area contributed by atoms with Gasteiger partial charge in [-0.25, -0.2) is 0 Å². The molecule has 2 nitrogen and oxygen atoms in total. The Kier molecular flexibility index (Phi) is 12.2. The van der Waals surface area contributed by atoms with Crippen LogP contribution in [0.4, 0.5) is 0 Å². The summed E-state index contributed by atoms with van der Waals surface area (Å²) in [7, 11) is 1.91. The number of nitrogens with one attached hydrogen (secondary N) is 1. The second-order valence-corrected chi connectivity index (χ2v) is 1.22. The Labute approximate surface area is 50.6 Å². The van der Waals surface area contributed by atoms with Gasteiger partial charge in [-0.05, 0) is 13.8 Å². The molecule has 0 aromatic carbocycles. The van der Waals surface area contributed by atoms with E-state index in [1.165, 1.54) is 5.70 Å². The molecule has 2 heteroatoms. The number of rotatable bonds is 1. The highest BCUT2D eigenvalue weighted by Gasteiger charge is 1.69. The molecule has 0 atom stereocenters. The van der Waals surface area contributed by atoms with Crippen molar-refractivity contribution in [1.29, 1.82) is 0 Å². The molecular weight excluding hydrogens is 102 g/mol. The molecule has 0 aliphatic rings. The molecule has 0 aromatic rings. The van der Waals surface area contributed by atoms with Crippen LogP contribution in [0, 0.1) is 0 Å². The minimum absolute atomic E-state index is 1.22. The fourth-order valence-electron chi connectivity index (χ4n) is 0.144. The maximum atomic E-state index is 8.00. The summed E-state index contributed by atoms with van der Waals surface area (Å²) in [5, 5.41) is 2.98. The van der Waals surface area contributed by atoms with Crippen molar-refractivity contribution in [2.75, 3.05) is 7.05 Å². The normalized spacial score (nSPS) is 9.12. The number of hydrogen-bond acceptors (Lipinski definition) is 2. The predicted molar refractivity (Wildman–Crippen MR) is 35.6 cm³/mol. The Bertz CT molecular complexity index is 68.9. The maximum absolute atomic E-state index is 8.00. The second-order valence-electron chi connectivity index (χ2n) is 1.22. The highest BCUT2D eigenvalue weighted by molar-refractivity contribution is 5.10. The Balaban J connectivity index is 0. The van der Waals surface area contributed by atoms with Crippen LogP contribution in [0.25, 0.3) is 0 Å². The molecule has 0 amide bonds. The van der Waals surface area contributed by atoms with Gasteiger partial charge >= 0.3 is 0 Å². The predicted octanol–water partition coefficient (Wildman–Crippen LogP) is 0.945. The van der Waals surface area contributed by atoms with Gasteiger partial charge in [0.25, 0.3) is 0 Å². The van der Waals surface area contributed by atoms with Gasteiger partial charge in [-0.1, -0.05) is 6.08 Å². The molecule has 0 unspecified atom stereocenters. The first-order chi connectivity index (χ1) is 3.81. The summed E-state index contributed by atoms with van der Waals surface area (Å²) in [5.74, 6) is 0. The summed E-state index contributed by atoms with van der Waals surface area (Å²) in [6.07, 6.45) is 2.03. The lowest BCUT2D eigenvalue weighted by atomic mass is 10.5. The van der Waals surface area contributed by atoms with E-state index in [1.807, 2.05) is 33.8 Å². The molecule has 0 fully saturated rings. The smallest absolute Gasteiger partial charge is 0.106 e.